The van der Waals surface area contributed by atoms with Crippen molar-refractivity contribution in [1.29, 1.82) is 0 Å². The molecule has 5 heteroatoms. The molecular weight excluding hydrogens is 306 g/mol. The van der Waals surface area contributed by atoms with E-state index in [1.165, 1.54) is 25.7 Å². The SMILES string of the molecule is OC(CNCCC1=CCCCC1)COCc1ccc2c(c1)OCO2. The third-order valence-electron chi connectivity index (χ3n) is 4.40. The molecule has 2 aliphatic rings. The Morgan fingerprint density at radius 3 is 3.00 bits per heavy atom. The van der Waals surface area contributed by atoms with Gasteiger partial charge in [0.05, 0.1) is 19.3 Å². The molecule has 24 heavy (non-hydrogen) atoms. The van der Waals surface area contributed by atoms with Crippen molar-refractivity contribution in [2.45, 2.75) is 44.8 Å². The minimum Gasteiger partial charge on any atom is -0.454 e. The third kappa shape index (κ3) is 5.23. The molecule has 1 heterocycles. The summed E-state index contributed by atoms with van der Waals surface area (Å²) < 4.78 is 16.2. The average molecular weight is 333 g/mol. The zero-order valence-electron chi connectivity index (χ0n) is 14.1. The zero-order valence-corrected chi connectivity index (χ0v) is 14.1. The molecule has 1 unspecified atom stereocenters. The zero-order chi connectivity index (χ0) is 16.6. The molecule has 3 rings (SSSR count). The van der Waals surface area contributed by atoms with Crippen LogP contribution in [0.15, 0.2) is 29.8 Å². The monoisotopic (exact) mass is 333 g/mol. The van der Waals surface area contributed by atoms with Crippen molar-refractivity contribution in [3.8, 4) is 11.5 Å². The number of hydrogen-bond donors (Lipinski definition) is 2. The molecule has 1 atom stereocenters. The molecule has 1 aliphatic heterocycles. The third-order valence-corrected chi connectivity index (χ3v) is 4.40. The molecule has 1 aliphatic carbocycles. The molecule has 0 saturated heterocycles. The number of nitrogens with one attached hydrogen (secondary N) is 1. The van der Waals surface area contributed by atoms with Gasteiger partial charge in [-0.3, -0.25) is 0 Å². The number of fused-ring (bicyclic) bond motifs is 1. The molecule has 2 N–H and O–H groups in total. The molecule has 132 valence electrons. The van der Waals surface area contributed by atoms with Crippen LogP contribution < -0.4 is 14.8 Å². The van der Waals surface area contributed by atoms with Gasteiger partial charge < -0.3 is 24.6 Å². The van der Waals surface area contributed by atoms with Crippen molar-refractivity contribution in [3.05, 3.63) is 35.4 Å². The van der Waals surface area contributed by atoms with Crippen LogP contribution in [-0.4, -0.2) is 37.7 Å². The standard InChI is InChI=1S/C19H27NO4/c21-17(11-20-9-8-15-4-2-1-3-5-15)13-22-12-16-6-7-18-19(10-16)24-14-23-18/h4,6-7,10,17,20-21H,1-3,5,8-9,11-14H2. The fraction of sp³-hybridized carbons (Fsp3) is 0.579. The van der Waals surface area contributed by atoms with Crippen molar-refractivity contribution in [1.82, 2.24) is 5.32 Å². The Balaban J connectivity index is 1.27. The number of ether oxygens (including phenoxy) is 3. The topological polar surface area (TPSA) is 60.0 Å². The van der Waals surface area contributed by atoms with E-state index in [2.05, 4.69) is 11.4 Å². The summed E-state index contributed by atoms with van der Waals surface area (Å²) in [7, 11) is 0. The first-order chi connectivity index (χ1) is 11.8. The maximum atomic E-state index is 9.97. The fourth-order valence-corrected chi connectivity index (χ4v) is 3.05. The van der Waals surface area contributed by atoms with Gasteiger partial charge >= 0.3 is 0 Å². The minimum absolute atomic E-state index is 0.279. The second-order valence-corrected chi connectivity index (χ2v) is 6.42. The van der Waals surface area contributed by atoms with Gasteiger partial charge in [-0.2, -0.15) is 0 Å². The summed E-state index contributed by atoms with van der Waals surface area (Å²) >= 11 is 0. The number of aliphatic hydroxyl groups is 1. The largest absolute Gasteiger partial charge is 0.454 e. The molecule has 0 fully saturated rings. The lowest BCUT2D eigenvalue weighted by Crippen LogP contribution is -2.31. The molecule has 0 spiro atoms. The van der Waals surface area contributed by atoms with Crippen LogP contribution in [0.4, 0.5) is 0 Å². The van der Waals surface area contributed by atoms with Gasteiger partial charge in [-0.1, -0.05) is 17.7 Å². The maximum Gasteiger partial charge on any atom is 0.231 e. The van der Waals surface area contributed by atoms with Crippen molar-refractivity contribution in [2.75, 3.05) is 26.5 Å². The Hall–Kier alpha value is -1.56. The second kappa shape index (κ2) is 9.06. The Labute approximate surface area is 143 Å². The molecule has 0 radical (unpaired) electrons. The van der Waals surface area contributed by atoms with Gasteiger partial charge in [0.25, 0.3) is 0 Å². The Kier molecular flexibility index (Phi) is 6.52. The first-order valence-corrected chi connectivity index (χ1v) is 8.84. The molecule has 0 amide bonds. The molecule has 5 nitrogen and oxygen atoms in total. The summed E-state index contributed by atoms with van der Waals surface area (Å²) in [5.74, 6) is 1.53. The summed E-state index contributed by atoms with van der Waals surface area (Å²) in [6.07, 6.45) is 8.09. The molecule has 0 saturated carbocycles. The first-order valence-electron chi connectivity index (χ1n) is 8.84. The predicted molar refractivity (Wildman–Crippen MR) is 92.3 cm³/mol. The highest BCUT2D eigenvalue weighted by molar-refractivity contribution is 5.44. The Morgan fingerprint density at radius 2 is 2.12 bits per heavy atom. The van der Waals surface area contributed by atoms with Crippen LogP contribution in [0.5, 0.6) is 11.5 Å². The van der Waals surface area contributed by atoms with Crippen LogP contribution in [-0.2, 0) is 11.3 Å². The van der Waals surface area contributed by atoms with Crippen molar-refractivity contribution in [2.24, 2.45) is 0 Å². The number of benzene rings is 1. The van der Waals surface area contributed by atoms with E-state index in [0.29, 0.717) is 19.8 Å². The molecule has 0 aromatic heterocycles. The van der Waals surface area contributed by atoms with E-state index in [4.69, 9.17) is 14.2 Å². The highest BCUT2D eigenvalue weighted by atomic mass is 16.7. The predicted octanol–water partition coefficient (Wildman–Crippen LogP) is 2.77. The van der Waals surface area contributed by atoms with E-state index in [0.717, 1.165) is 30.0 Å². The van der Waals surface area contributed by atoms with Crippen LogP contribution in [0, 0.1) is 0 Å². The van der Waals surface area contributed by atoms with Crippen LogP contribution in [0.3, 0.4) is 0 Å². The smallest absolute Gasteiger partial charge is 0.231 e. The number of allylic oxidation sites excluding steroid dienone is 1. The van der Waals surface area contributed by atoms with Gasteiger partial charge in [0.2, 0.25) is 6.79 Å². The summed E-state index contributed by atoms with van der Waals surface area (Å²) in [5, 5.41) is 13.3. The highest BCUT2D eigenvalue weighted by Gasteiger charge is 2.13. The van der Waals surface area contributed by atoms with E-state index in [1.54, 1.807) is 5.57 Å². The highest BCUT2D eigenvalue weighted by Crippen LogP contribution is 2.32. The van der Waals surface area contributed by atoms with E-state index < -0.39 is 6.10 Å². The maximum absolute atomic E-state index is 9.97. The summed E-state index contributed by atoms with van der Waals surface area (Å²) in [6.45, 7) is 2.55. The average Bonchev–Trinajstić information content (AvgIpc) is 3.07. The normalized spacial score (nSPS) is 17.6. The Morgan fingerprint density at radius 1 is 1.21 bits per heavy atom. The number of rotatable bonds is 9. The summed E-state index contributed by atoms with van der Waals surface area (Å²) in [6, 6.07) is 5.76. The van der Waals surface area contributed by atoms with Crippen LogP contribution >= 0.6 is 0 Å². The van der Waals surface area contributed by atoms with Gasteiger partial charge in [-0.15, -0.1) is 0 Å². The first kappa shape index (κ1) is 17.3. The van der Waals surface area contributed by atoms with Crippen LogP contribution in [0.1, 0.15) is 37.7 Å². The second-order valence-electron chi connectivity index (χ2n) is 6.42. The molecular formula is C19H27NO4. The van der Waals surface area contributed by atoms with Crippen molar-refractivity contribution < 1.29 is 19.3 Å². The molecule has 1 aromatic carbocycles. The molecule has 1 aromatic rings. The van der Waals surface area contributed by atoms with E-state index in [-0.39, 0.29) is 6.79 Å². The lowest BCUT2D eigenvalue weighted by atomic mass is 9.97. The summed E-state index contributed by atoms with van der Waals surface area (Å²) in [4.78, 5) is 0. The van der Waals surface area contributed by atoms with Gasteiger partial charge in [-0.05, 0) is 56.3 Å². The van der Waals surface area contributed by atoms with Gasteiger partial charge in [-0.25, -0.2) is 0 Å². The van der Waals surface area contributed by atoms with Crippen molar-refractivity contribution >= 4 is 0 Å². The van der Waals surface area contributed by atoms with Crippen LogP contribution in [0.2, 0.25) is 0 Å². The van der Waals surface area contributed by atoms with E-state index in [1.807, 2.05) is 18.2 Å². The van der Waals surface area contributed by atoms with Crippen molar-refractivity contribution in [3.63, 3.8) is 0 Å². The lowest BCUT2D eigenvalue weighted by molar-refractivity contribution is 0.0289. The van der Waals surface area contributed by atoms with Crippen LogP contribution in [0.25, 0.3) is 0 Å². The minimum atomic E-state index is -0.487. The number of aliphatic hydroxyl groups excluding tert-OH is 1. The van der Waals surface area contributed by atoms with Gasteiger partial charge in [0, 0.05) is 6.54 Å². The molecule has 0 bridgehead atoms. The van der Waals surface area contributed by atoms with E-state index in [9.17, 15) is 5.11 Å². The quantitative estimate of drug-likeness (QED) is 0.537. The number of hydrogen-bond acceptors (Lipinski definition) is 5. The summed E-state index contributed by atoms with van der Waals surface area (Å²) in [5.41, 5.74) is 2.57. The lowest BCUT2D eigenvalue weighted by Gasteiger charge is -2.15. The Bertz CT molecular complexity index is 558. The van der Waals surface area contributed by atoms with Gasteiger partial charge in [0.1, 0.15) is 0 Å². The fourth-order valence-electron chi connectivity index (χ4n) is 3.05. The van der Waals surface area contributed by atoms with E-state index >= 15 is 0 Å². The van der Waals surface area contributed by atoms with Gasteiger partial charge in [0.15, 0.2) is 11.5 Å².